The Hall–Kier alpha value is -2.02. The summed E-state index contributed by atoms with van der Waals surface area (Å²) in [5.41, 5.74) is 0.160. The molecular weight excluding hydrogens is 271 g/mol. The molecule has 0 amide bonds. The number of halogens is 3. The Morgan fingerprint density at radius 3 is 2.60 bits per heavy atom. The number of hydrogen-bond donors (Lipinski definition) is 1. The van der Waals surface area contributed by atoms with E-state index in [0.717, 1.165) is 18.6 Å². The third-order valence-electron chi connectivity index (χ3n) is 2.70. The second-order valence-corrected chi connectivity index (χ2v) is 4.12. The molecule has 1 N–H and O–H groups in total. The number of imidazole rings is 1. The summed E-state index contributed by atoms with van der Waals surface area (Å²) in [6.07, 6.45) is 3.78. The highest BCUT2D eigenvalue weighted by Gasteiger charge is 2.13. The number of rotatable bonds is 6. The topological polar surface area (TPSA) is 39.1 Å². The molecule has 2 aromatic rings. The van der Waals surface area contributed by atoms with Crippen molar-refractivity contribution in [1.29, 1.82) is 0 Å². The van der Waals surface area contributed by atoms with Gasteiger partial charge in [-0.05, 0) is 6.42 Å². The van der Waals surface area contributed by atoms with Crippen LogP contribution < -0.4 is 5.32 Å². The van der Waals surface area contributed by atoms with Crippen molar-refractivity contribution < 1.29 is 17.9 Å². The van der Waals surface area contributed by atoms with E-state index in [4.69, 9.17) is 4.74 Å². The molecule has 7 heteroatoms. The molecule has 20 heavy (non-hydrogen) atoms. The van der Waals surface area contributed by atoms with Crippen LogP contribution in [0.3, 0.4) is 0 Å². The van der Waals surface area contributed by atoms with E-state index in [2.05, 4.69) is 10.3 Å². The van der Waals surface area contributed by atoms with Crippen molar-refractivity contribution in [3.05, 3.63) is 42.0 Å². The molecule has 0 fully saturated rings. The van der Waals surface area contributed by atoms with Crippen molar-refractivity contribution in [2.24, 2.45) is 0 Å². The molecule has 0 unspecified atom stereocenters. The van der Waals surface area contributed by atoms with Crippen LogP contribution in [0.2, 0.25) is 0 Å². The molecule has 0 bridgehead atoms. The summed E-state index contributed by atoms with van der Waals surface area (Å²) in [4.78, 5) is 4.04. The van der Waals surface area contributed by atoms with Crippen LogP contribution in [0.5, 0.6) is 0 Å². The summed E-state index contributed by atoms with van der Waals surface area (Å²) in [7, 11) is 1.60. The van der Waals surface area contributed by atoms with Gasteiger partial charge in [0.25, 0.3) is 0 Å². The summed E-state index contributed by atoms with van der Waals surface area (Å²) in [6.45, 7) is 1.19. The van der Waals surface area contributed by atoms with E-state index in [-0.39, 0.29) is 5.69 Å². The lowest BCUT2D eigenvalue weighted by molar-refractivity contribution is 0.197. The van der Waals surface area contributed by atoms with Gasteiger partial charge in [-0.3, -0.25) is 4.57 Å². The molecule has 0 aliphatic heterocycles. The molecule has 0 saturated heterocycles. The Bertz CT molecular complexity index is 563. The highest BCUT2D eigenvalue weighted by atomic mass is 19.2. The quantitative estimate of drug-likeness (QED) is 0.655. The van der Waals surface area contributed by atoms with Crippen LogP contribution in [0.25, 0.3) is 5.69 Å². The van der Waals surface area contributed by atoms with Crippen LogP contribution in [0.4, 0.5) is 19.1 Å². The first-order chi connectivity index (χ1) is 9.63. The molecule has 2 rings (SSSR count). The number of nitrogens with one attached hydrogen (secondary N) is 1. The second-order valence-electron chi connectivity index (χ2n) is 4.12. The van der Waals surface area contributed by atoms with Gasteiger partial charge in [-0.25, -0.2) is 18.2 Å². The molecule has 0 aliphatic carbocycles. The average molecular weight is 285 g/mol. The van der Waals surface area contributed by atoms with Gasteiger partial charge < -0.3 is 10.1 Å². The fourth-order valence-electron chi connectivity index (χ4n) is 1.74. The van der Waals surface area contributed by atoms with Crippen molar-refractivity contribution >= 4 is 5.95 Å². The van der Waals surface area contributed by atoms with Crippen molar-refractivity contribution in [3.8, 4) is 5.69 Å². The van der Waals surface area contributed by atoms with Gasteiger partial charge in [0, 0.05) is 44.8 Å². The minimum atomic E-state index is -1.48. The Balaban J connectivity index is 2.19. The van der Waals surface area contributed by atoms with E-state index >= 15 is 0 Å². The van der Waals surface area contributed by atoms with Crippen LogP contribution in [0.15, 0.2) is 24.5 Å². The molecule has 1 aromatic heterocycles. The maximum Gasteiger partial charge on any atom is 0.207 e. The van der Waals surface area contributed by atoms with Crippen LogP contribution in [0.1, 0.15) is 6.42 Å². The van der Waals surface area contributed by atoms with E-state index in [1.165, 1.54) is 17.0 Å². The third-order valence-corrected chi connectivity index (χ3v) is 2.70. The zero-order valence-electron chi connectivity index (χ0n) is 10.9. The predicted molar refractivity (Wildman–Crippen MR) is 68.4 cm³/mol. The van der Waals surface area contributed by atoms with Crippen molar-refractivity contribution in [3.63, 3.8) is 0 Å². The number of nitrogens with zero attached hydrogens (tertiary/aromatic N) is 2. The molecule has 4 nitrogen and oxygen atoms in total. The molecule has 0 atom stereocenters. The zero-order valence-corrected chi connectivity index (χ0v) is 10.9. The fourth-order valence-corrected chi connectivity index (χ4v) is 1.74. The van der Waals surface area contributed by atoms with Crippen LogP contribution in [0, 0.1) is 17.5 Å². The number of anilines is 1. The first-order valence-electron chi connectivity index (χ1n) is 6.04. The number of benzene rings is 1. The molecule has 1 aromatic carbocycles. The average Bonchev–Trinajstić information content (AvgIpc) is 2.89. The fraction of sp³-hybridized carbons (Fsp3) is 0.308. The molecule has 1 heterocycles. The summed E-state index contributed by atoms with van der Waals surface area (Å²) in [5, 5.41) is 3.01. The van der Waals surface area contributed by atoms with Crippen molar-refractivity contribution in [1.82, 2.24) is 9.55 Å². The van der Waals surface area contributed by atoms with Gasteiger partial charge in [0.05, 0.1) is 5.69 Å². The van der Waals surface area contributed by atoms with Crippen molar-refractivity contribution in [2.75, 3.05) is 25.6 Å². The summed E-state index contributed by atoms with van der Waals surface area (Å²) < 4.78 is 45.8. The molecule has 0 radical (unpaired) electrons. The lowest BCUT2D eigenvalue weighted by Gasteiger charge is -2.10. The number of ether oxygens (including phenoxy) is 1. The summed E-state index contributed by atoms with van der Waals surface area (Å²) in [5.74, 6) is -3.53. The molecule has 0 aliphatic rings. The maximum absolute atomic E-state index is 13.2. The number of methoxy groups -OCH3 is 1. The minimum Gasteiger partial charge on any atom is -0.385 e. The van der Waals surface area contributed by atoms with Gasteiger partial charge in [-0.1, -0.05) is 0 Å². The SMILES string of the molecule is COCCCNc1nccn1-c1cc(F)c(F)c(F)c1. The van der Waals surface area contributed by atoms with Crippen LogP contribution >= 0.6 is 0 Å². The van der Waals surface area contributed by atoms with Gasteiger partial charge in [0.2, 0.25) is 5.95 Å². The monoisotopic (exact) mass is 285 g/mol. The van der Waals surface area contributed by atoms with Gasteiger partial charge in [0.1, 0.15) is 0 Å². The normalized spacial score (nSPS) is 10.8. The summed E-state index contributed by atoms with van der Waals surface area (Å²) >= 11 is 0. The van der Waals surface area contributed by atoms with E-state index < -0.39 is 17.5 Å². The van der Waals surface area contributed by atoms with E-state index in [1.807, 2.05) is 0 Å². The first kappa shape index (κ1) is 14.4. The van der Waals surface area contributed by atoms with Gasteiger partial charge >= 0.3 is 0 Å². The highest BCUT2D eigenvalue weighted by molar-refractivity contribution is 5.42. The Morgan fingerprint density at radius 2 is 1.95 bits per heavy atom. The first-order valence-corrected chi connectivity index (χ1v) is 6.04. The lowest BCUT2D eigenvalue weighted by atomic mass is 10.3. The third kappa shape index (κ3) is 3.11. The number of aromatic nitrogens is 2. The Kier molecular flexibility index (Phi) is 4.62. The van der Waals surface area contributed by atoms with Crippen LogP contribution in [-0.2, 0) is 4.74 Å². The Morgan fingerprint density at radius 1 is 1.25 bits per heavy atom. The predicted octanol–water partition coefficient (Wildman–Crippen LogP) is 2.74. The molecule has 0 saturated carbocycles. The van der Waals surface area contributed by atoms with Crippen LogP contribution in [-0.4, -0.2) is 29.8 Å². The van der Waals surface area contributed by atoms with Gasteiger partial charge in [-0.2, -0.15) is 0 Å². The molecular formula is C13H14F3N3O. The lowest BCUT2D eigenvalue weighted by Crippen LogP contribution is -2.10. The zero-order chi connectivity index (χ0) is 14.5. The largest absolute Gasteiger partial charge is 0.385 e. The highest BCUT2D eigenvalue weighted by Crippen LogP contribution is 2.19. The van der Waals surface area contributed by atoms with Gasteiger partial charge in [-0.15, -0.1) is 0 Å². The smallest absolute Gasteiger partial charge is 0.207 e. The minimum absolute atomic E-state index is 0.160. The summed E-state index contributed by atoms with van der Waals surface area (Å²) in [6, 6.07) is 1.83. The van der Waals surface area contributed by atoms with Gasteiger partial charge in [0.15, 0.2) is 17.5 Å². The molecule has 0 spiro atoms. The second kappa shape index (κ2) is 6.42. The standard InChI is InChI=1S/C13H14F3N3O/c1-20-6-2-3-17-13-18-4-5-19(13)9-7-10(14)12(16)11(15)8-9/h4-5,7-8H,2-3,6H2,1H3,(H,17,18). The molecule has 108 valence electrons. The maximum atomic E-state index is 13.2. The van der Waals surface area contributed by atoms with Crippen molar-refractivity contribution in [2.45, 2.75) is 6.42 Å². The number of hydrogen-bond acceptors (Lipinski definition) is 3. The van der Waals surface area contributed by atoms with E-state index in [0.29, 0.717) is 19.1 Å². The van der Waals surface area contributed by atoms with E-state index in [1.54, 1.807) is 7.11 Å². The van der Waals surface area contributed by atoms with E-state index in [9.17, 15) is 13.2 Å². The Labute approximate surface area is 114 Å².